The molecule has 0 radical (unpaired) electrons. The summed E-state index contributed by atoms with van der Waals surface area (Å²) < 4.78 is 22.6. The smallest absolute Gasteiger partial charge is 0.273 e. The van der Waals surface area contributed by atoms with Gasteiger partial charge in [0.05, 0.1) is 25.7 Å². The molecule has 1 amide bonds. The molecule has 2 saturated carbocycles. The first kappa shape index (κ1) is 32.3. The Bertz CT molecular complexity index is 1370. The Kier molecular flexibility index (Phi) is 11.6. The van der Waals surface area contributed by atoms with Crippen molar-refractivity contribution in [3.05, 3.63) is 53.2 Å². The fourth-order valence-electron chi connectivity index (χ4n) is 6.94. The monoisotopic (exact) mass is 620 g/mol. The van der Waals surface area contributed by atoms with Crippen molar-refractivity contribution < 1.29 is 23.7 Å². The maximum absolute atomic E-state index is 13.5. The number of aryl methyl sites for hydroxylation is 1. The number of amides is 1. The second-order valence-electron chi connectivity index (χ2n) is 12.3. The summed E-state index contributed by atoms with van der Waals surface area (Å²) in [6.07, 6.45) is 13.5. The molecule has 2 aliphatic rings. The van der Waals surface area contributed by atoms with Gasteiger partial charge in [0, 0.05) is 43.5 Å². The van der Waals surface area contributed by atoms with Gasteiger partial charge in [0.2, 0.25) is 5.91 Å². The lowest BCUT2D eigenvalue weighted by Gasteiger charge is -2.31. The number of methoxy groups -OCH3 is 3. The van der Waals surface area contributed by atoms with Gasteiger partial charge >= 0.3 is 0 Å². The molecule has 8 heteroatoms. The van der Waals surface area contributed by atoms with Gasteiger partial charge in [-0.25, -0.2) is 4.98 Å². The molecule has 0 bridgehead atoms. The molecule has 5 rings (SSSR count). The maximum Gasteiger partial charge on any atom is 0.273 e. The summed E-state index contributed by atoms with van der Waals surface area (Å²) in [4.78, 5) is 19.0. The summed E-state index contributed by atoms with van der Waals surface area (Å²) in [6, 6.07) is 10.7. The van der Waals surface area contributed by atoms with Gasteiger partial charge in [0.1, 0.15) is 11.5 Å². The lowest BCUT2D eigenvalue weighted by atomic mass is 9.75. The molecule has 2 fully saturated rings. The number of aromatic nitrogens is 1. The second kappa shape index (κ2) is 15.8. The molecule has 0 atom stereocenters. The number of nitrogens with one attached hydrogen (secondary N) is 1. The number of carbonyl (C=O) groups is 1. The van der Waals surface area contributed by atoms with Crippen molar-refractivity contribution in [1.29, 1.82) is 0 Å². The van der Waals surface area contributed by atoms with Crippen molar-refractivity contribution in [1.82, 2.24) is 4.98 Å². The average Bonchev–Trinajstić information content (AvgIpc) is 3.54. The third-order valence-corrected chi connectivity index (χ3v) is 10.4. The maximum atomic E-state index is 13.5. The fourth-order valence-corrected chi connectivity index (χ4v) is 7.75. The van der Waals surface area contributed by atoms with Gasteiger partial charge in [-0.05, 0) is 98.6 Å². The first-order valence-corrected chi connectivity index (χ1v) is 17.1. The number of hydrogen-bond acceptors (Lipinski definition) is 7. The Labute approximate surface area is 266 Å². The van der Waals surface area contributed by atoms with Gasteiger partial charge in [-0.1, -0.05) is 42.7 Å². The van der Waals surface area contributed by atoms with E-state index >= 15 is 0 Å². The van der Waals surface area contributed by atoms with Gasteiger partial charge in [0.25, 0.3) is 5.19 Å². The normalized spacial score (nSPS) is 19.0. The number of benzene rings is 2. The molecule has 2 aliphatic carbocycles. The fraction of sp³-hybridized carbons (Fsp3) is 0.556. The van der Waals surface area contributed by atoms with Gasteiger partial charge in [0.15, 0.2) is 0 Å². The molecule has 44 heavy (non-hydrogen) atoms. The van der Waals surface area contributed by atoms with Crippen molar-refractivity contribution >= 4 is 22.9 Å². The van der Waals surface area contributed by atoms with E-state index in [2.05, 4.69) is 41.5 Å². The molecule has 0 aliphatic heterocycles. The van der Waals surface area contributed by atoms with Crippen LogP contribution in [0.1, 0.15) is 86.8 Å². The third kappa shape index (κ3) is 7.94. The molecule has 3 aromatic rings. The summed E-state index contributed by atoms with van der Waals surface area (Å²) in [5.41, 5.74) is 5.68. The van der Waals surface area contributed by atoms with Gasteiger partial charge in [-0.2, -0.15) is 0 Å². The van der Waals surface area contributed by atoms with E-state index in [1.807, 2.05) is 12.3 Å². The standard InChI is InChI=1S/C36H48N2O5S/c1-24-21-28(15-17-31(24)41-3)26-13-11-25(12-14-26)22-29-30(38-35(39)27-9-6-5-7-10-27)16-18-32(43-20-8-19-40-2)34(29)33-23-37-36(42-4)44-33/h15-18,21,23,25-27H,5-14,19-20,22H2,1-4H3,(H,38,39). The number of thiazole rings is 1. The number of nitrogens with zero attached hydrogens (tertiary/aromatic N) is 1. The molecule has 7 nitrogen and oxygen atoms in total. The predicted octanol–water partition coefficient (Wildman–Crippen LogP) is 8.59. The third-order valence-electron chi connectivity index (χ3n) is 9.39. The lowest BCUT2D eigenvalue weighted by Crippen LogP contribution is -2.26. The largest absolute Gasteiger partial charge is 0.496 e. The van der Waals surface area contributed by atoms with Crippen LogP contribution in [0.3, 0.4) is 0 Å². The van der Waals surface area contributed by atoms with E-state index in [9.17, 15) is 4.79 Å². The van der Waals surface area contributed by atoms with Crippen LogP contribution in [0, 0.1) is 18.8 Å². The molecule has 1 aromatic heterocycles. The highest BCUT2D eigenvalue weighted by molar-refractivity contribution is 7.16. The van der Waals surface area contributed by atoms with Crippen LogP contribution in [0.15, 0.2) is 36.5 Å². The van der Waals surface area contributed by atoms with Gasteiger partial charge in [-0.3, -0.25) is 4.79 Å². The second-order valence-corrected chi connectivity index (χ2v) is 13.3. The highest BCUT2D eigenvalue weighted by Crippen LogP contribution is 2.45. The number of hydrogen-bond donors (Lipinski definition) is 1. The van der Waals surface area contributed by atoms with Crippen LogP contribution in [0.25, 0.3) is 10.4 Å². The van der Waals surface area contributed by atoms with Crippen LogP contribution in [0.2, 0.25) is 0 Å². The Morgan fingerprint density at radius 3 is 2.39 bits per heavy atom. The molecular weight excluding hydrogens is 572 g/mol. The first-order chi connectivity index (χ1) is 21.5. The quantitative estimate of drug-likeness (QED) is 0.193. The molecule has 1 heterocycles. The number of rotatable bonds is 13. The summed E-state index contributed by atoms with van der Waals surface area (Å²) in [7, 11) is 5.09. The number of anilines is 1. The zero-order valence-corrected chi connectivity index (χ0v) is 27.6. The van der Waals surface area contributed by atoms with Crippen LogP contribution in [-0.4, -0.2) is 45.4 Å². The van der Waals surface area contributed by atoms with Crippen LogP contribution < -0.4 is 19.5 Å². The number of ether oxygens (including phenoxy) is 4. The minimum atomic E-state index is 0.0805. The molecule has 0 saturated heterocycles. The average molecular weight is 621 g/mol. The van der Waals surface area contributed by atoms with Crippen LogP contribution in [-0.2, 0) is 16.0 Å². The molecule has 0 unspecified atom stereocenters. The minimum Gasteiger partial charge on any atom is -0.496 e. The van der Waals surface area contributed by atoms with Crippen LogP contribution in [0.5, 0.6) is 16.7 Å². The first-order valence-electron chi connectivity index (χ1n) is 16.2. The van der Waals surface area contributed by atoms with E-state index in [1.54, 1.807) is 21.3 Å². The molecule has 1 N–H and O–H groups in total. The summed E-state index contributed by atoms with van der Waals surface area (Å²) in [6.45, 7) is 3.32. The zero-order chi connectivity index (χ0) is 30.9. The highest BCUT2D eigenvalue weighted by Gasteiger charge is 2.28. The lowest BCUT2D eigenvalue weighted by molar-refractivity contribution is -0.120. The minimum absolute atomic E-state index is 0.0805. The van der Waals surface area contributed by atoms with Gasteiger partial charge in [-0.15, -0.1) is 0 Å². The molecular formula is C36H48N2O5S. The molecule has 238 valence electrons. The predicted molar refractivity (Wildman–Crippen MR) is 177 cm³/mol. The highest BCUT2D eigenvalue weighted by atomic mass is 32.1. The number of carbonyl (C=O) groups excluding carboxylic acids is 1. The summed E-state index contributed by atoms with van der Waals surface area (Å²) in [5, 5.41) is 4.00. The summed E-state index contributed by atoms with van der Waals surface area (Å²) >= 11 is 1.52. The summed E-state index contributed by atoms with van der Waals surface area (Å²) in [5.74, 6) is 3.06. The van der Waals surface area contributed by atoms with Gasteiger partial charge < -0.3 is 24.3 Å². The van der Waals surface area contributed by atoms with E-state index in [1.165, 1.54) is 28.9 Å². The molecule has 0 spiro atoms. The van der Waals surface area contributed by atoms with Crippen LogP contribution >= 0.6 is 11.3 Å². The Morgan fingerprint density at radius 1 is 0.932 bits per heavy atom. The van der Waals surface area contributed by atoms with E-state index in [0.717, 1.165) is 97.4 Å². The van der Waals surface area contributed by atoms with E-state index in [4.69, 9.17) is 18.9 Å². The molecule has 2 aromatic carbocycles. The zero-order valence-electron chi connectivity index (χ0n) is 26.8. The van der Waals surface area contributed by atoms with Crippen molar-refractivity contribution in [3.63, 3.8) is 0 Å². The Balaban J connectivity index is 1.43. The van der Waals surface area contributed by atoms with E-state index in [0.29, 0.717) is 30.2 Å². The Morgan fingerprint density at radius 2 is 1.70 bits per heavy atom. The van der Waals surface area contributed by atoms with Crippen LogP contribution in [0.4, 0.5) is 5.69 Å². The van der Waals surface area contributed by atoms with Crippen molar-refractivity contribution in [2.45, 2.75) is 83.5 Å². The van der Waals surface area contributed by atoms with Crippen molar-refractivity contribution in [3.8, 4) is 27.1 Å². The van der Waals surface area contributed by atoms with E-state index in [-0.39, 0.29) is 11.8 Å². The Hall–Kier alpha value is -3.10. The SMILES string of the molecule is COCCCOc1ccc(NC(=O)C2CCCCC2)c(CC2CCC(c3ccc(OC)c(C)c3)CC2)c1-c1cnc(OC)s1. The van der Waals surface area contributed by atoms with Crippen molar-refractivity contribution in [2.75, 3.05) is 39.9 Å². The topological polar surface area (TPSA) is 78.9 Å². The van der Waals surface area contributed by atoms with E-state index < -0.39 is 0 Å². The van der Waals surface area contributed by atoms with Crippen molar-refractivity contribution in [2.24, 2.45) is 11.8 Å².